The van der Waals surface area contributed by atoms with E-state index in [0.717, 1.165) is 0 Å². The normalized spacial score (nSPS) is 12.4. The SMILES string of the molecule is O=C(NCCO)c1nnc(-c2ccc3c(c2)OCO3)o1. The minimum atomic E-state index is -0.529. The van der Waals surface area contributed by atoms with Gasteiger partial charge in [-0.25, -0.2) is 0 Å². The van der Waals surface area contributed by atoms with Gasteiger partial charge in [0.2, 0.25) is 12.7 Å². The molecule has 1 aliphatic heterocycles. The summed E-state index contributed by atoms with van der Waals surface area (Å²) in [7, 11) is 0. The number of nitrogens with zero attached hydrogens (tertiary/aromatic N) is 2. The number of rotatable bonds is 4. The summed E-state index contributed by atoms with van der Waals surface area (Å²) in [6.45, 7) is 0.146. The van der Waals surface area contributed by atoms with Crippen LogP contribution in [0.15, 0.2) is 22.6 Å². The third-order valence-electron chi connectivity index (χ3n) is 2.64. The summed E-state index contributed by atoms with van der Waals surface area (Å²) < 4.78 is 15.7. The molecular formula is C12H11N3O5. The van der Waals surface area contributed by atoms with Crippen molar-refractivity contribution in [1.29, 1.82) is 0 Å². The van der Waals surface area contributed by atoms with E-state index < -0.39 is 5.91 Å². The second-order valence-corrected chi connectivity index (χ2v) is 3.96. The number of aliphatic hydroxyl groups excluding tert-OH is 1. The molecule has 1 amide bonds. The van der Waals surface area contributed by atoms with Gasteiger partial charge in [-0.3, -0.25) is 4.79 Å². The lowest BCUT2D eigenvalue weighted by Crippen LogP contribution is -2.26. The Hall–Kier alpha value is -2.61. The maximum absolute atomic E-state index is 11.6. The first-order valence-electron chi connectivity index (χ1n) is 5.90. The molecule has 1 aromatic heterocycles. The Morgan fingerprint density at radius 1 is 1.30 bits per heavy atom. The highest BCUT2D eigenvalue weighted by Gasteiger charge is 2.18. The summed E-state index contributed by atoms with van der Waals surface area (Å²) in [5.41, 5.74) is 0.628. The van der Waals surface area contributed by atoms with Gasteiger partial charge in [-0.1, -0.05) is 0 Å². The first-order chi connectivity index (χ1) is 9.78. The van der Waals surface area contributed by atoms with Gasteiger partial charge in [-0.2, -0.15) is 0 Å². The van der Waals surface area contributed by atoms with Gasteiger partial charge in [0, 0.05) is 12.1 Å². The lowest BCUT2D eigenvalue weighted by molar-refractivity contribution is 0.0910. The number of benzene rings is 1. The maximum atomic E-state index is 11.6. The number of amides is 1. The summed E-state index contributed by atoms with van der Waals surface area (Å²) in [6, 6.07) is 5.16. The van der Waals surface area contributed by atoms with Gasteiger partial charge in [-0.15, -0.1) is 10.2 Å². The van der Waals surface area contributed by atoms with Gasteiger partial charge in [0.05, 0.1) is 6.61 Å². The Balaban J connectivity index is 1.81. The molecule has 2 aromatic rings. The van der Waals surface area contributed by atoms with Crippen LogP contribution in [0.25, 0.3) is 11.5 Å². The van der Waals surface area contributed by atoms with Crippen LogP contribution in [0.5, 0.6) is 11.5 Å². The molecule has 104 valence electrons. The zero-order valence-corrected chi connectivity index (χ0v) is 10.3. The van der Waals surface area contributed by atoms with Gasteiger partial charge in [-0.05, 0) is 18.2 Å². The van der Waals surface area contributed by atoms with E-state index in [-0.39, 0.29) is 31.7 Å². The van der Waals surface area contributed by atoms with E-state index in [1.165, 1.54) is 0 Å². The lowest BCUT2D eigenvalue weighted by atomic mass is 10.2. The zero-order valence-electron chi connectivity index (χ0n) is 10.3. The molecule has 1 aliphatic rings. The fourth-order valence-corrected chi connectivity index (χ4v) is 1.71. The van der Waals surface area contributed by atoms with Gasteiger partial charge in [0.15, 0.2) is 11.5 Å². The van der Waals surface area contributed by atoms with Gasteiger partial charge < -0.3 is 24.3 Å². The first kappa shape index (κ1) is 12.4. The Morgan fingerprint density at radius 2 is 2.15 bits per heavy atom. The number of carbonyl (C=O) groups excluding carboxylic acids is 1. The Morgan fingerprint density at radius 3 is 3.00 bits per heavy atom. The van der Waals surface area contributed by atoms with Crippen LogP contribution < -0.4 is 14.8 Å². The fourth-order valence-electron chi connectivity index (χ4n) is 1.71. The quantitative estimate of drug-likeness (QED) is 0.821. The first-order valence-corrected chi connectivity index (χ1v) is 5.90. The average molecular weight is 277 g/mol. The molecule has 0 atom stereocenters. The van der Waals surface area contributed by atoms with E-state index in [9.17, 15) is 4.79 Å². The molecule has 8 nitrogen and oxygen atoms in total. The third-order valence-corrected chi connectivity index (χ3v) is 2.64. The van der Waals surface area contributed by atoms with Crippen molar-refractivity contribution < 1.29 is 23.8 Å². The van der Waals surface area contributed by atoms with Crippen molar-refractivity contribution in [2.24, 2.45) is 0 Å². The molecule has 2 heterocycles. The molecule has 8 heteroatoms. The highest BCUT2D eigenvalue weighted by molar-refractivity contribution is 5.89. The second-order valence-electron chi connectivity index (χ2n) is 3.96. The maximum Gasteiger partial charge on any atom is 0.308 e. The van der Waals surface area contributed by atoms with E-state index in [2.05, 4.69) is 15.5 Å². The molecular weight excluding hydrogens is 266 g/mol. The minimum Gasteiger partial charge on any atom is -0.454 e. The van der Waals surface area contributed by atoms with Crippen molar-refractivity contribution >= 4 is 5.91 Å². The molecule has 0 aliphatic carbocycles. The molecule has 0 radical (unpaired) electrons. The number of nitrogens with one attached hydrogen (secondary N) is 1. The van der Waals surface area contributed by atoms with Crippen molar-refractivity contribution in [2.45, 2.75) is 0 Å². The number of aromatic nitrogens is 2. The van der Waals surface area contributed by atoms with Gasteiger partial charge >= 0.3 is 11.8 Å². The van der Waals surface area contributed by atoms with E-state index in [4.69, 9.17) is 19.0 Å². The van der Waals surface area contributed by atoms with Crippen molar-refractivity contribution in [3.05, 3.63) is 24.1 Å². The Bertz CT molecular complexity index is 640. The molecule has 2 N–H and O–H groups in total. The van der Waals surface area contributed by atoms with Crippen LogP contribution in [0.2, 0.25) is 0 Å². The number of hydrogen-bond donors (Lipinski definition) is 2. The summed E-state index contributed by atoms with van der Waals surface area (Å²) in [4.78, 5) is 11.6. The number of fused-ring (bicyclic) bond motifs is 1. The van der Waals surface area contributed by atoms with Crippen LogP contribution in [0.4, 0.5) is 0 Å². The van der Waals surface area contributed by atoms with E-state index >= 15 is 0 Å². The van der Waals surface area contributed by atoms with Crippen LogP contribution in [-0.4, -0.2) is 41.2 Å². The Labute approximate surface area is 113 Å². The predicted molar refractivity (Wildman–Crippen MR) is 65.3 cm³/mol. The van der Waals surface area contributed by atoms with Crippen molar-refractivity contribution in [3.63, 3.8) is 0 Å². The third kappa shape index (κ3) is 2.28. The standard InChI is InChI=1S/C12H11N3O5/c16-4-3-13-10(17)12-15-14-11(20-12)7-1-2-8-9(5-7)19-6-18-8/h1-2,5,16H,3-4,6H2,(H,13,17). The van der Waals surface area contributed by atoms with Crippen LogP contribution >= 0.6 is 0 Å². The predicted octanol–water partition coefficient (Wildman–Crippen LogP) is 0.187. The molecule has 0 saturated heterocycles. The van der Waals surface area contributed by atoms with E-state index in [1.807, 2.05) is 0 Å². The van der Waals surface area contributed by atoms with Crippen LogP contribution in [0.3, 0.4) is 0 Å². The van der Waals surface area contributed by atoms with Crippen molar-refractivity contribution in [3.8, 4) is 23.0 Å². The van der Waals surface area contributed by atoms with Crippen LogP contribution in [-0.2, 0) is 0 Å². The second kappa shape index (κ2) is 5.17. The molecule has 3 rings (SSSR count). The Kier molecular flexibility index (Phi) is 3.21. The smallest absolute Gasteiger partial charge is 0.308 e. The van der Waals surface area contributed by atoms with Crippen molar-refractivity contribution in [2.75, 3.05) is 19.9 Å². The van der Waals surface area contributed by atoms with Crippen LogP contribution in [0.1, 0.15) is 10.7 Å². The summed E-state index contributed by atoms with van der Waals surface area (Å²) >= 11 is 0. The molecule has 0 saturated carbocycles. The largest absolute Gasteiger partial charge is 0.454 e. The van der Waals surface area contributed by atoms with Gasteiger partial charge in [0.1, 0.15) is 0 Å². The molecule has 0 spiro atoms. The monoisotopic (exact) mass is 277 g/mol. The summed E-state index contributed by atoms with van der Waals surface area (Å²) in [6.07, 6.45) is 0. The molecule has 0 bridgehead atoms. The van der Waals surface area contributed by atoms with E-state index in [0.29, 0.717) is 17.1 Å². The number of aliphatic hydroxyl groups is 1. The average Bonchev–Trinajstić information content (AvgIpc) is 3.12. The van der Waals surface area contributed by atoms with Crippen LogP contribution in [0, 0.1) is 0 Å². The lowest BCUT2D eigenvalue weighted by Gasteiger charge is -1.98. The highest BCUT2D eigenvalue weighted by atomic mass is 16.7. The number of hydrogen-bond acceptors (Lipinski definition) is 7. The zero-order chi connectivity index (χ0) is 13.9. The highest BCUT2D eigenvalue weighted by Crippen LogP contribution is 2.35. The summed E-state index contributed by atoms with van der Waals surface area (Å²) in [5, 5.41) is 18.5. The van der Waals surface area contributed by atoms with E-state index in [1.54, 1.807) is 18.2 Å². The van der Waals surface area contributed by atoms with Gasteiger partial charge in [0.25, 0.3) is 0 Å². The fraction of sp³-hybridized carbons (Fsp3) is 0.250. The molecule has 1 aromatic carbocycles. The topological polar surface area (TPSA) is 107 Å². The number of ether oxygens (including phenoxy) is 2. The number of carbonyl (C=O) groups is 1. The minimum absolute atomic E-state index is 0.126. The van der Waals surface area contributed by atoms with Crippen molar-refractivity contribution in [1.82, 2.24) is 15.5 Å². The molecule has 0 unspecified atom stereocenters. The summed E-state index contributed by atoms with van der Waals surface area (Å²) in [5.74, 6) is 0.753. The molecule has 0 fully saturated rings. The molecule has 20 heavy (non-hydrogen) atoms.